The van der Waals surface area contributed by atoms with Gasteiger partial charge in [0, 0.05) is 51.5 Å². The van der Waals surface area contributed by atoms with Crippen LogP contribution in [0.2, 0.25) is 0 Å². The average molecular weight is 490 g/mol. The number of rotatable bonds is 5. The lowest BCUT2D eigenvalue weighted by molar-refractivity contribution is -0.122. The number of carbonyl (C=O) groups is 1. The molecule has 2 bridgehead atoms. The van der Waals surface area contributed by atoms with Crippen molar-refractivity contribution in [3.05, 3.63) is 0 Å². The van der Waals surface area contributed by atoms with Crippen LogP contribution in [0.5, 0.6) is 0 Å². The number of hydrogen-bond acceptors (Lipinski definition) is 3. The number of amides is 1. The predicted octanol–water partition coefficient (Wildman–Crippen LogP) is 2.38. The molecule has 0 spiro atoms. The normalized spacial score (nSPS) is 32.9. The minimum Gasteiger partial charge on any atom is -0.374 e. The zero-order valence-corrected chi connectivity index (χ0v) is 18.8. The van der Waals surface area contributed by atoms with Gasteiger partial charge in [0.15, 0.2) is 5.96 Å². The van der Waals surface area contributed by atoms with Crippen molar-refractivity contribution >= 4 is 35.8 Å². The van der Waals surface area contributed by atoms with E-state index in [-0.39, 0.29) is 29.9 Å². The highest BCUT2D eigenvalue weighted by atomic mass is 127. The van der Waals surface area contributed by atoms with Crippen molar-refractivity contribution in [2.75, 3.05) is 33.2 Å². The van der Waals surface area contributed by atoms with Crippen molar-refractivity contribution in [3.63, 3.8) is 0 Å². The van der Waals surface area contributed by atoms with Crippen LogP contribution in [-0.4, -0.2) is 62.2 Å². The van der Waals surface area contributed by atoms with Crippen molar-refractivity contribution < 1.29 is 9.53 Å². The molecule has 3 saturated heterocycles. The molecule has 3 aliphatic heterocycles. The van der Waals surface area contributed by atoms with E-state index >= 15 is 0 Å². The SMILES string of the molecule is CN=C(NCCNC(=O)CC1CCCCC1)N1CC2C3CCC(O3)C2C1.I. The molecule has 7 heteroatoms. The van der Waals surface area contributed by atoms with E-state index < -0.39 is 0 Å². The van der Waals surface area contributed by atoms with Gasteiger partial charge in [0.2, 0.25) is 5.91 Å². The Labute approximate surface area is 180 Å². The molecule has 154 valence electrons. The molecule has 4 unspecified atom stereocenters. The van der Waals surface area contributed by atoms with Crippen LogP contribution in [0.25, 0.3) is 0 Å². The van der Waals surface area contributed by atoms with Gasteiger partial charge in [0.05, 0.1) is 12.2 Å². The van der Waals surface area contributed by atoms with Gasteiger partial charge in [-0.25, -0.2) is 0 Å². The molecular weight excluding hydrogens is 455 g/mol. The van der Waals surface area contributed by atoms with Crippen molar-refractivity contribution in [3.8, 4) is 0 Å². The van der Waals surface area contributed by atoms with Crippen LogP contribution in [0.4, 0.5) is 0 Å². The quantitative estimate of drug-likeness (QED) is 0.269. The summed E-state index contributed by atoms with van der Waals surface area (Å²) in [7, 11) is 1.85. The summed E-state index contributed by atoms with van der Waals surface area (Å²) in [6.07, 6.45) is 10.5. The molecule has 0 aromatic heterocycles. The van der Waals surface area contributed by atoms with E-state index in [1.54, 1.807) is 0 Å². The third-order valence-electron chi connectivity index (χ3n) is 6.89. The van der Waals surface area contributed by atoms with E-state index in [1.807, 2.05) is 7.05 Å². The van der Waals surface area contributed by atoms with Gasteiger partial charge in [-0.1, -0.05) is 19.3 Å². The number of ether oxygens (including phenoxy) is 1. The monoisotopic (exact) mass is 490 g/mol. The third kappa shape index (κ3) is 4.89. The molecule has 0 radical (unpaired) electrons. The summed E-state index contributed by atoms with van der Waals surface area (Å²) < 4.78 is 6.05. The fourth-order valence-corrected chi connectivity index (χ4v) is 5.57. The zero-order valence-electron chi connectivity index (χ0n) is 16.5. The maximum atomic E-state index is 12.1. The van der Waals surface area contributed by atoms with E-state index in [9.17, 15) is 4.79 Å². The fourth-order valence-electron chi connectivity index (χ4n) is 5.57. The second kappa shape index (κ2) is 9.76. The molecule has 3 heterocycles. The zero-order chi connectivity index (χ0) is 17.9. The van der Waals surface area contributed by atoms with Crippen LogP contribution >= 0.6 is 24.0 Å². The molecule has 0 aromatic rings. The van der Waals surface area contributed by atoms with Crippen LogP contribution in [0, 0.1) is 17.8 Å². The molecule has 0 aromatic carbocycles. The molecular formula is C20H35IN4O2. The molecule has 6 nitrogen and oxygen atoms in total. The predicted molar refractivity (Wildman–Crippen MR) is 117 cm³/mol. The lowest BCUT2D eigenvalue weighted by Crippen LogP contribution is -2.44. The fraction of sp³-hybridized carbons (Fsp3) is 0.900. The Morgan fingerprint density at radius 2 is 1.63 bits per heavy atom. The summed E-state index contributed by atoms with van der Waals surface area (Å²) in [6.45, 7) is 3.51. The first-order valence-corrected chi connectivity index (χ1v) is 10.6. The van der Waals surface area contributed by atoms with Crippen LogP contribution < -0.4 is 10.6 Å². The first-order valence-electron chi connectivity index (χ1n) is 10.6. The lowest BCUT2D eigenvalue weighted by Gasteiger charge is -2.23. The Kier molecular flexibility index (Phi) is 7.65. The number of nitrogens with one attached hydrogen (secondary N) is 2. The second-order valence-electron chi connectivity index (χ2n) is 8.56. The molecule has 1 saturated carbocycles. The Morgan fingerprint density at radius 3 is 2.26 bits per heavy atom. The largest absolute Gasteiger partial charge is 0.374 e. The minimum absolute atomic E-state index is 0. The summed E-state index contributed by atoms with van der Waals surface area (Å²) >= 11 is 0. The van der Waals surface area contributed by atoms with Crippen molar-refractivity contribution in [1.82, 2.24) is 15.5 Å². The maximum absolute atomic E-state index is 12.1. The first kappa shape index (κ1) is 21.1. The molecule has 1 aliphatic carbocycles. The molecule has 2 N–H and O–H groups in total. The van der Waals surface area contributed by atoms with Crippen LogP contribution in [0.15, 0.2) is 4.99 Å². The second-order valence-corrected chi connectivity index (χ2v) is 8.56. The Morgan fingerprint density at radius 1 is 1.00 bits per heavy atom. The van der Waals surface area contributed by atoms with Gasteiger partial charge in [-0.05, 0) is 31.6 Å². The number of carbonyl (C=O) groups excluding carboxylic acids is 1. The van der Waals surface area contributed by atoms with Crippen molar-refractivity contribution in [2.24, 2.45) is 22.7 Å². The third-order valence-corrected chi connectivity index (χ3v) is 6.89. The van der Waals surface area contributed by atoms with E-state index in [0.29, 0.717) is 42.9 Å². The molecule has 27 heavy (non-hydrogen) atoms. The van der Waals surface area contributed by atoms with Gasteiger partial charge in [-0.15, -0.1) is 24.0 Å². The van der Waals surface area contributed by atoms with Gasteiger partial charge in [0.25, 0.3) is 0 Å². The molecule has 4 rings (SSSR count). The number of guanidine groups is 1. The van der Waals surface area contributed by atoms with Crippen LogP contribution in [0.1, 0.15) is 51.4 Å². The average Bonchev–Trinajstić information content (AvgIpc) is 3.36. The molecule has 1 amide bonds. The van der Waals surface area contributed by atoms with Gasteiger partial charge >= 0.3 is 0 Å². The number of hydrogen-bond donors (Lipinski definition) is 2. The molecule has 4 aliphatic rings. The van der Waals surface area contributed by atoms with Gasteiger partial charge < -0.3 is 20.3 Å². The summed E-state index contributed by atoms with van der Waals surface area (Å²) in [5.74, 6) is 3.15. The van der Waals surface area contributed by atoms with Crippen molar-refractivity contribution in [2.45, 2.75) is 63.6 Å². The number of nitrogens with zero attached hydrogens (tertiary/aromatic N) is 2. The summed E-state index contributed by atoms with van der Waals surface area (Å²) in [6, 6.07) is 0. The van der Waals surface area contributed by atoms with Crippen LogP contribution in [0.3, 0.4) is 0 Å². The number of halogens is 1. The highest BCUT2D eigenvalue weighted by Gasteiger charge is 2.53. The van der Waals surface area contributed by atoms with Gasteiger partial charge in [-0.3, -0.25) is 9.79 Å². The number of aliphatic imine (C=N–C) groups is 1. The maximum Gasteiger partial charge on any atom is 0.220 e. The Balaban J connectivity index is 0.00000210. The highest BCUT2D eigenvalue weighted by molar-refractivity contribution is 14.0. The van der Waals surface area contributed by atoms with Crippen molar-refractivity contribution in [1.29, 1.82) is 0 Å². The Hall–Kier alpha value is -0.570. The summed E-state index contributed by atoms with van der Waals surface area (Å²) in [5, 5.41) is 6.50. The minimum atomic E-state index is 0. The number of likely N-dealkylation sites (tertiary alicyclic amines) is 1. The summed E-state index contributed by atoms with van der Waals surface area (Å²) in [4.78, 5) is 18.9. The van der Waals surface area contributed by atoms with E-state index in [0.717, 1.165) is 25.6 Å². The van der Waals surface area contributed by atoms with Gasteiger partial charge in [0.1, 0.15) is 0 Å². The summed E-state index contributed by atoms with van der Waals surface area (Å²) in [5.41, 5.74) is 0. The molecule has 4 atom stereocenters. The number of fused-ring (bicyclic) bond motifs is 5. The Bertz CT molecular complexity index is 520. The smallest absolute Gasteiger partial charge is 0.220 e. The van der Waals surface area contributed by atoms with E-state index in [4.69, 9.17) is 4.74 Å². The van der Waals surface area contributed by atoms with E-state index in [1.165, 1.54) is 44.9 Å². The van der Waals surface area contributed by atoms with E-state index in [2.05, 4.69) is 20.5 Å². The first-order chi connectivity index (χ1) is 12.7. The molecule has 4 fully saturated rings. The standard InChI is InChI=1S/C20H34N4O2.HI/c1-21-20(24-12-15-16(13-24)18-8-7-17(15)26-18)23-10-9-22-19(25)11-14-5-3-2-4-6-14;/h14-18H,2-13H2,1H3,(H,21,23)(H,22,25);1H. The topological polar surface area (TPSA) is 66.0 Å². The lowest BCUT2D eigenvalue weighted by atomic mass is 9.82. The highest BCUT2D eigenvalue weighted by Crippen LogP contribution is 2.47. The van der Waals surface area contributed by atoms with Crippen LogP contribution in [-0.2, 0) is 9.53 Å². The van der Waals surface area contributed by atoms with Gasteiger partial charge in [-0.2, -0.15) is 0 Å².